The average molecular weight is 1060 g/mol. The molecule has 0 bridgehead atoms. The number of hydrogen-bond acceptors (Lipinski definition) is 14. The molecule has 0 aromatic heterocycles. The van der Waals surface area contributed by atoms with Crippen LogP contribution in [0.3, 0.4) is 0 Å². The van der Waals surface area contributed by atoms with Crippen LogP contribution in [0.25, 0.3) is 0 Å². The molecule has 11 unspecified atom stereocenters. The Balaban J connectivity index is 1.69. The summed E-state index contributed by atoms with van der Waals surface area (Å²) in [6.07, 6.45) is 38.1. The second kappa shape index (κ2) is 47.5. The van der Waals surface area contributed by atoms with Crippen molar-refractivity contribution in [2.75, 3.05) is 33.0 Å². The van der Waals surface area contributed by atoms with Crippen LogP contribution in [-0.4, -0.2) is 142 Å². The van der Waals surface area contributed by atoms with E-state index in [1.54, 1.807) is 0 Å². The fraction of sp³-hybridized carbons (Fsp3) is 0.917. The molecule has 2 aliphatic heterocycles. The van der Waals surface area contributed by atoms with E-state index in [9.17, 15) is 40.5 Å². The van der Waals surface area contributed by atoms with E-state index in [0.717, 1.165) is 44.9 Å². The summed E-state index contributed by atoms with van der Waals surface area (Å²) in [6, 6.07) is 0. The highest BCUT2D eigenvalue weighted by Gasteiger charge is 2.47. The molecule has 74 heavy (non-hydrogen) atoms. The van der Waals surface area contributed by atoms with Gasteiger partial charge in [0.05, 0.1) is 26.4 Å². The van der Waals surface area contributed by atoms with Crippen molar-refractivity contribution in [2.45, 2.75) is 319 Å². The Bertz CT molecular complexity index is 1320. The Hall–Kier alpha value is -1.53. The van der Waals surface area contributed by atoms with Crippen LogP contribution in [0.4, 0.5) is 0 Å². The van der Waals surface area contributed by atoms with Gasteiger partial charge in [0, 0.05) is 13.0 Å². The van der Waals surface area contributed by atoms with E-state index in [4.69, 9.17) is 28.4 Å². The van der Waals surface area contributed by atoms with Gasteiger partial charge >= 0.3 is 5.97 Å². The van der Waals surface area contributed by atoms with Crippen LogP contribution in [0.15, 0.2) is 24.3 Å². The number of aliphatic hydroxyl groups excluding tert-OH is 7. The lowest BCUT2D eigenvalue weighted by Crippen LogP contribution is -2.61. The molecule has 0 aromatic carbocycles. The molecule has 2 aliphatic rings. The van der Waals surface area contributed by atoms with Gasteiger partial charge in [-0.2, -0.15) is 0 Å². The third-order valence-corrected chi connectivity index (χ3v) is 14.7. The third kappa shape index (κ3) is 33.7. The lowest BCUT2D eigenvalue weighted by molar-refractivity contribution is -0.332. The van der Waals surface area contributed by atoms with E-state index in [-0.39, 0.29) is 25.6 Å². The number of hydrogen-bond donors (Lipinski definition) is 7. The third-order valence-electron chi connectivity index (χ3n) is 14.7. The van der Waals surface area contributed by atoms with Gasteiger partial charge < -0.3 is 64.2 Å². The molecule has 436 valence electrons. The monoisotopic (exact) mass is 1060 g/mol. The van der Waals surface area contributed by atoms with Crippen molar-refractivity contribution in [3.05, 3.63) is 24.3 Å². The van der Waals surface area contributed by atoms with Gasteiger partial charge in [0.25, 0.3) is 0 Å². The number of unbranched alkanes of at least 4 members (excludes halogenated alkanes) is 32. The number of aliphatic hydroxyl groups is 7. The van der Waals surface area contributed by atoms with Gasteiger partial charge in [0.2, 0.25) is 0 Å². The summed E-state index contributed by atoms with van der Waals surface area (Å²) in [4.78, 5) is 13.1. The predicted molar refractivity (Wildman–Crippen MR) is 294 cm³/mol. The number of ether oxygens (including phenoxy) is 6. The topological polar surface area (TPSA) is 214 Å². The van der Waals surface area contributed by atoms with E-state index in [2.05, 4.69) is 38.2 Å². The van der Waals surface area contributed by atoms with Crippen LogP contribution < -0.4 is 0 Å². The largest absolute Gasteiger partial charge is 0.457 e. The van der Waals surface area contributed by atoms with E-state index < -0.39 is 80.7 Å². The van der Waals surface area contributed by atoms with Crippen molar-refractivity contribution in [1.29, 1.82) is 0 Å². The molecule has 2 saturated heterocycles. The maximum Gasteiger partial charge on any atom is 0.306 e. The number of carbonyl (C=O) groups is 1. The highest BCUT2D eigenvalue weighted by Crippen LogP contribution is 2.27. The quantitative estimate of drug-likeness (QED) is 0.0172. The molecule has 0 saturated carbocycles. The number of carbonyl (C=O) groups excluding carboxylic acids is 1. The number of rotatable bonds is 50. The van der Waals surface area contributed by atoms with Crippen LogP contribution in [0, 0.1) is 0 Å². The van der Waals surface area contributed by atoms with Crippen molar-refractivity contribution in [1.82, 2.24) is 0 Å². The van der Waals surface area contributed by atoms with Crippen molar-refractivity contribution in [3.8, 4) is 0 Å². The van der Waals surface area contributed by atoms with E-state index in [0.29, 0.717) is 13.0 Å². The Morgan fingerprint density at radius 2 is 0.838 bits per heavy atom. The molecule has 2 heterocycles. The zero-order valence-electron chi connectivity index (χ0n) is 46.8. The smallest absolute Gasteiger partial charge is 0.306 e. The summed E-state index contributed by atoms with van der Waals surface area (Å²) in [5.74, 6) is -0.373. The zero-order chi connectivity index (χ0) is 53.7. The van der Waals surface area contributed by atoms with Crippen LogP contribution >= 0.6 is 0 Å². The first-order valence-electron chi connectivity index (χ1n) is 30.4. The summed E-state index contributed by atoms with van der Waals surface area (Å²) in [5, 5.41) is 72.4. The molecule has 2 fully saturated rings. The highest BCUT2D eigenvalue weighted by atomic mass is 16.7. The number of esters is 1. The molecule has 0 spiro atoms. The van der Waals surface area contributed by atoms with Crippen molar-refractivity contribution >= 4 is 5.97 Å². The van der Waals surface area contributed by atoms with Gasteiger partial charge in [-0.05, 0) is 44.9 Å². The van der Waals surface area contributed by atoms with Crippen LogP contribution in [0.1, 0.15) is 251 Å². The molecule has 7 N–H and O–H groups in total. The first-order chi connectivity index (χ1) is 36.1. The first kappa shape index (κ1) is 68.6. The lowest BCUT2D eigenvalue weighted by atomic mass is 9.98. The van der Waals surface area contributed by atoms with Crippen molar-refractivity contribution < 1.29 is 69.0 Å². The predicted octanol–water partition coefficient (Wildman–Crippen LogP) is 11.1. The molecule has 14 heteroatoms. The summed E-state index contributed by atoms with van der Waals surface area (Å²) in [5.41, 5.74) is 0. The molecule has 0 amide bonds. The zero-order valence-corrected chi connectivity index (χ0v) is 46.8. The standard InChI is InChI=1S/C60H112O14/c1-3-5-7-9-11-13-15-17-19-21-22-23-24-25-26-27-29-31-33-35-37-39-41-43-52(62)72-49(46-69-44-42-40-38-36-34-32-30-28-20-18-16-14-12-10-8-6-4-2)47-70-59-58(68)56(66)54(64)51(74-59)48-71-60-57(67)55(65)53(63)50(45-61)73-60/h15,17,21-22,49-51,53-61,63-68H,3-14,16,18-20,23-48H2,1-2H3/b17-15-,22-21-. The summed E-state index contributed by atoms with van der Waals surface area (Å²) >= 11 is 0. The fourth-order valence-corrected chi connectivity index (χ4v) is 9.79. The van der Waals surface area contributed by atoms with Crippen molar-refractivity contribution in [2.24, 2.45) is 0 Å². The summed E-state index contributed by atoms with van der Waals surface area (Å²) in [7, 11) is 0. The highest BCUT2D eigenvalue weighted by molar-refractivity contribution is 5.69. The molecule has 0 aromatic rings. The lowest BCUT2D eigenvalue weighted by Gasteiger charge is -2.42. The first-order valence-corrected chi connectivity index (χ1v) is 30.4. The Morgan fingerprint density at radius 1 is 0.446 bits per heavy atom. The van der Waals surface area contributed by atoms with Gasteiger partial charge in [-0.15, -0.1) is 0 Å². The minimum absolute atomic E-state index is 0.0660. The van der Waals surface area contributed by atoms with E-state index >= 15 is 0 Å². The van der Waals surface area contributed by atoms with Gasteiger partial charge in [0.1, 0.15) is 54.9 Å². The number of allylic oxidation sites excluding steroid dienone is 4. The normalized spacial score (nSPS) is 24.9. The van der Waals surface area contributed by atoms with E-state index in [1.165, 1.54) is 180 Å². The van der Waals surface area contributed by atoms with Gasteiger partial charge in [-0.1, -0.05) is 224 Å². The molecule has 2 rings (SSSR count). The molecular weight excluding hydrogens is 945 g/mol. The Kier molecular flexibility index (Phi) is 44.0. The van der Waals surface area contributed by atoms with Gasteiger partial charge in [-0.3, -0.25) is 4.79 Å². The fourth-order valence-electron chi connectivity index (χ4n) is 9.79. The van der Waals surface area contributed by atoms with Crippen LogP contribution in [0.2, 0.25) is 0 Å². The van der Waals surface area contributed by atoms with Gasteiger partial charge in [0.15, 0.2) is 12.6 Å². The molecule has 14 nitrogen and oxygen atoms in total. The Labute approximate surface area is 449 Å². The van der Waals surface area contributed by atoms with Crippen molar-refractivity contribution in [3.63, 3.8) is 0 Å². The SMILES string of the molecule is CCCCCCC/C=C\C/C=C\CCCCCCCCCCCCCC(=O)OC(COCCCCCCCCCCCCCCCCCCC)COC1OC(COC2OC(CO)C(O)C(O)C2O)C(O)C(O)C1O. The molecule has 0 aliphatic carbocycles. The van der Waals surface area contributed by atoms with E-state index in [1.807, 2.05) is 0 Å². The second-order valence-electron chi connectivity index (χ2n) is 21.5. The van der Waals surface area contributed by atoms with Crippen LogP contribution in [-0.2, 0) is 33.2 Å². The van der Waals surface area contributed by atoms with Crippen LogP contribution in [0.5, 0.6) is 0 Å². The molecular formula is C60H112O14. The minimum atomic E-state index is -1.70. The summed E-state index contributed by atoms with van der Waals surface area (Å²) in [6.45, 7) is 3.73. The molecule has 11 atom stereocenters. The average Bonchev–Trinajstić information content (AvgIpc) is 3.40. The second-order valence-corrected chi connectivity index (χ2v) is 21.5. The summed E-state index contributed by atoms with van der Waals surface area (Å²) < 4.78 is 34.4. The minimum Gasteiger partial charge on any atom is -0.457 e. The Morgan fingerprint density at radius 3 is 1.30 bits per heavy atom. The van der Waals surface area contributed by atoms with Gasteiger partial charge in [-0.25, -0.2) is 0 Å². The molecule has 0 radical (unpaired) electrons. The maximum absolute atomic E-state index is 13.1. The maximum atomic E-state index is 13.1.